The van der Waals surface area contributed by atoms with Crippen LogP contribution in [0.2, 0.25) is 0 Å². The summed E-state index contributed by atoms with van der Waals surface area (Å²) in [6.45, 7) is 0.988. The summed E-state index contributed by atoms with van der Waals surface area (Å²) in [5, 5.41) is 0. The number of nitrogens with two attached hydrogens (primary N) is 1. The van der Waals surface area contributed by atoms with Crippen molar-refractivity contribution in [2.75, 3.05) is 18.0 Å². The van der Waals surface area contributed by atoms with Gasteiger partial charge in [0.1, 0.15) is 12.1 Å². The van der Waals surface area contributed by atoms with E-state index in [0.717, 1.165) is 5.69 Å². The molecule has 0 radical (unpaired) electrons. The van der Waals surface area contributed by atoms with Gasteiger partial charge in [-0.05, 0) is 0 Å². The molecule has 0 spiro atoms. The van der Waals surface area contributed by atoms with Crippen LogP contribution in [0.25, 0.3) is 0 Å². The molecule has 0 amide bonds. The lowest BCUT2D eigenvalue weighted by atomic mass is 10.1. The molecule has 1 aliphatic rings. The molecule has 2 rings (SSSR count). The molecule has 4 nitrogen and oxygen atoms in total. The van der Waals surface area contributed by atoms with E-state index in [1.807, 2.05) is 4.90 Å². The summed E-state index contributed by atoms with van der Waals surface area (Å²) in [4.78, 5) is 9.89. The van der Waals surface area contributed by atoms with Gasteiger partial charge in [-0.1, -0.05) is 0 Å². The second-order valence-electron chi connectivity index (χ2n) is 3.91. The van der Waals surface area contributed by atoms with Gasteiger partial charge in [0.05, 0.1) is 5.69 Å². The van der Waals surface area contributed by atoms with Crippen molar-refractivity contribution in [3.05, 3.63) is 18.1 Å². The summed E-state index contributed by atoms with van der Waals surface area (Å²) >= 11 is 0. The molecule has 0 aliphatic carbocycles. The lowest BCUT2D eigenvalue weighted by Gasteiger charge is -2.32. The van der Waals surface area contributed by atoms with E-state index >= 15 is 0 Å². The van der Waals surface area contributed by atoms with Gasteiger partial charge in [0.2, 0.25) is 0 Å². The molecule has 88 valence electrons. The van der Waals surface area contributed by atoms with E-state index in [-0.39, 0.29) is 12.8 Å². The number of hydrogen-bond donors (Lipinski definition) is 1. The van der Waals surface area contributed by atoms with E-state index in [1.54, 1.807) is 6.07 Å². The molecule has 0 atom stereocenters. The average Bonchev–Trinajstić information content (AvgIpc) is 2.29. The molecule has 0 unspecified atom stereocenters. The Morgan fingerprint density at radius 3 is 2.62 bits per heavy atom. The molecule has 1 aromatic heterocycles. The fourth-order valence-corrected chi connectivity index (χ4v) is 1.73. The van der Waals surface area contributed by atoms with Gasteiger partial charge < -0.3 is 10.6 Å². The zero-order chi connectivity index (χ0) is 11.6. The predicted octanol–water partition coefficient (Wildman–Crippen LogP) is 1.17. The fourth-order valence-electron chi connectivity index (χ4n) is 1.73. The van der Waals surface area contributed by atoms with E-state index in [9.17, 15) is 8.78 Å². The maximum absolute atomic E-state index is 13.0. The average molecular weight is 228 g/mol. The highest BCUT2D eigenvalue weighted by Crippen LogP contribution is 2.29. The number of rotatable bonds is 2. The first-order valence-electron chi connectivity index (χ1n) is 5.24. The zero-order valence-corrected chi connectivity index (χ0v) is 8.87. The Balaban J connectivity index is 2.08. The van der Waals surface area contributed by atoms with Crippen LogP contribution < -0.4 is 10.6 Å². The SMILES string of the molecule is NCc1cc(N2CCC(F)(F)CC2)ncn1. The minimum atomic E-state index is -2.53. The van der Waals surface area contributed by atoms with E-state index in [2.05, 4.69) is 9.97 Å². The minimum absolute atomic E-state index is 0.116. The van der Waals surface area contributed by atoms with E-state index in [0.29, 0.717) is 25.5 Å². The van der Waals surface area contributed by atoms with Gasteiger partial charge in [-0.15, -0.1) is 0 Å². The van der Waals surface area contributed by atoms with Crippen LogP contribution in [-0.2, 0) is 6.54 Å². The Labute approximate surface area is 92.5 Å². The minimum Gasteiger partial charge on any atom is -0.356 e. The summed E-state index contributed by atoms with van der Waals surface area (Å²) in [7, 11) is 0. The van der Waals surface area contributed by atoms with Crippen molar-refractivity contribution in [1.82, 2.24) is 9.97 Å². The van der Waals surface area contributed by atoms with Gasteiger partial charge in [0, 0.05) is 38.5 Å². The molecule has 0 saturated carbocycles. The highest BCUT2D eigenvalue weighted by Gasteiger charge is 2.34. The van der Waals surface area contributed by atoms with E-state index in [1.165, 1.54) is 6.33 Å². The predicted molar refractivity (Wildman–Crippen MR) is 56.3 cm³/mol. The molecule has 0 bridgehead atoms. The maximum Gasteiger partial charge on any atom is 0.251 e. The normalized spacial score (nSPS) is 19.8. The summed E-state index contributed by atoms with van der Waals surface area (Å²) in [5.41, 5.74) is 6.19. The second kappa shape index (κ2) is 4.29. The van der Waals surface area contributed by atoms with Crippen molar-refractivity contribution < 1.29 is 8.78 Å². The van der Waals surface area contributed by atoms with Gasteiger partial charge in [-0.3, -0.25) is 0 Å². The van der Waals surface area contributed by atoms with Crippen molar-refractivity contribution >= 4 is 5.82 Å². The van der Waals surface area contributed by atoms with Crippen LogP contribution in [0.5, 0.6) is 0 Å². The third-order valence-corrected chi connectivity index (χ3v) is 2.74. The molecule has 1 saturated heterocycles. The Kier molecular flexibility index (Phi) is 3.00. The van der Waals surface area contributed by atoms with Gasteiger partial charge in [-0.2, -0.15) is 0 Å². The first kappa shape index (κ1) is 11.2. The highest BCUT2D eigenvalue weighted by atomic mass is 19.3. The van der Waals surface area contributed by atoms with Crippen molar-refractivity contribution in [3.8, 4) is 0 Å². The summed E-state index contributed by atoms with van der Waals surface area (Å²) < 4.78 is 25.9. The number of hydrogen-bond acceptors (Lipinski definition) is 4. The van der Waals surface area contributed by atoms with Crippen molar-refractivity contribution in [2.24, 2.45) is 5.73 Å². The van der Waals surface area contributed by atoms with Crippen LogP contribution in [0.1, 0.15) is 18.5 Å². The molecule has 2 heterocycles. The number of aromatic nitrogens is 2. The molecule has 16 heavy (non-hydrogen) atoms. The molecule has 1 fully saturated rings. The van der Waals surface area contributed by atoms with Gasteiger partial charge in [0.25, 0.3) is 5.92 Å². The third kappa shape index (κ3) is 2.44. The fraction of sp³-hybridized carbons (Fsp3) is 0.600. The topological polar surface area (TPSA) is 55.0 Å². The number of halogens is 2. The smallest absolute Gasteiger partial charge is 0.251 e. The van der Waals surface area contributed by atoms with Gasteiger partial charge in [-0.25, -0.2) is 18.7 Å². The van der Waals surface area contributed by atoms with Gasteiger partial charge >= 0.3 is 0 Å². The number of nitrogens with zero attached hydrogens (tertiary/aromatic N) is 3. The first-order chi connectivity index (χ1) is 7.61. The summed E-state index contributed by atoms with van der Waals surface area (Å²) in [6.07, 6.45) is 1.19. The molecular weight excluding hydrogens is 214 g/mol. The lowest BCUT2D eigenvalue weighted by molar-refractivity contribution is -0.0221. The molecular formula is C10H14F2N4. The number of anilines is 1. The van der Waals surface area contributed by atoms with E-state index in [4.69, 9.17) is 5.73 Å². The molecule has 1 aliphatic heterocycles. The van der Waals surface area contributed by atoms with Gasteiger partial charge in [0.15, 0.2) is 0 Å². The molecule has 1 aromatic rings. The second-order valence-corrected chi connectivity index (χ2v) is 3.91. The summed E-state index contributed by atoms with van der Waals surface area (Å²) in [5.74, 6) is -1.84. The van der Waals surface area contributed by atoms with E-state index < -0.39 is 5.92 Å². The largest absolute Gasteiger partial charge is 0.356 e. The zero-order valence-electron chi connectivity index (χ0n) is 8.87. The van der Waals surface area contributed by atoms with Crippen LogP contribution in [-0.4, -0.2) is 29.0 Å². The maximum atomic E-state index is 13.0. The molecule has 2 N–H and O–H groups in total. The number of piperidine rings is 1. The summed E-state index contributed by atoms with van der Waals surface area (Å²) in [6, 6.07) is 1.75. The van der Waals surface area contributed by atoms with Crippen molar-refractivity contribution in [2.45, 2.75) is 25.3 Å². The van der Waals surface area contributed by atoms with Crippen LogP contribution in [0, 0.1) is 0 Å². The Morgan fingerprint density at radius 1 is 1.31 bits per heavy atom. The van der Waals surface area contributed by atoms with Crippen molar-refractivity contribution in [1.29, 1.82) is 0 Å². The number of alkyl halides is 2. The molecule has 0 aromatic carbocycles. The first-order valence-corrected chi connectivity index (χ1v) is 5.24. The Morgan fingerprint density at radius 2 is 2.00 bits per heavy atom. The highest BCUT2D eigenvalue weighted by molar-refractivity contribution is 5.39. The standard InChI is InChI=1S/C10H14F2N4/c11-10(12)1-3-16(4-2-10)9-5-8(6-13)14-7-15-9/h5,7H,1-4,6,13H2. The van der Waals surface area contributed by atoms with Crippen LogP contribution in [0.15, 0.2) is 12.4 Å². The Bertz CT molecular complexity index is 360. The lowest BCUT2D eigenvalue weighted by Crippen LogP contribution is -2.39. The van der Waals surface area contributed by atoms with Crippen LogP contribution in [0.3, 0.4) is 0 Å². The van der Waals surface area contributed by atoms with Crippen molar-refractivity contribution in [3.63, 3.8) is 0 Å². The monoisotopic (exact) mass is 228 g/mol. The molecule has 6 heteroatoms. The Hall–Kier alpha value is -1.30. The quantitative estimate of drug-likeness (QED) is 0.825. The van der Waals surface area contributed by atoms with Crippen LogP contribution in [0.4, 0.5) is 14.6 Å². The third-order valence-electron chi connectivity index (χ3n) is 2.74. The van der Waals surface area contributed by atoms with Crippen LogP contribution >= 0.6 is 0 Å².